The molecule has 2 aliphatic heterocycles. The van der Waals surface area contributed by atoms with Crippen molar-refractivity contribution in [2.24, 2.45) is 5.92 Å². The molecule has 13 heteroatoms. The van der Waals surface area contributed by atoms with E-state index in [9.17, 15) is 19.2 Å². The zero-order valence-electron chi connectivity index (χ0n) is 23.1. The Hall–Kier alpha value is -3.84. The largest absolute Gasteiger partial charge is 0.622 e. The third-order valence-electron chi connectivity index (χ3n) is 7.04. The van der Waals surface area contributed by atoms with E-state index in [1.807, 2.05) is 56.1 Å². The van der Waals surface area contributed by atoms with Crippen LogP contribution in [0.3, 0.4) is 0 Å². The molecule has 0 spiro atoms. The second-order valence-corrected chi connectivity index (χ2v) is 10.7. The van der Waals surface area contributed by atoms with E-state index in [0.717, 1.165) is 5.56 Å². The van der Waals surface area contributed by atoms with Gasteiger partial charge in [-0.05, 0) is 32.0 Å². The average molecular weight is 550 g/mol. The van der Waals surface area contributed by atoms with E-state index in [4.69, 9.17) is 9.31 Å². The van der Waals surface area contributed by atoms with Gasteiger partial charge in [-0.1, -0.05) is 44.2 Å². The highest BCUT2D eigenvalue weighted by Gasteiger charge is 2.49. The molecule has 2 amide bonds. The summed E-state index contributed by atoms with van der Waals surface area (Å²) in [4.78, 5) is 64.4. The molecular weight excluding hydrogens is 515 g/mol. The number of hydrogen-bond donors (Lipinski definition) is 2. The number of nitrogens with zero attached hydrogens (tertiary/aromatic N) is 4. The Morgan fingerprint density at radius 1 is 1.02 bits per heavy atom. The fraction of sp³-hybridized carbons (Fsp3) is 0.481. The lowest BCUT2D eigenvalue weighted by Gasteiger charge is -2.43. The molecule has 4 rings (SSSR count). The number of aromatic nitrogens is 2. The summed E-state index contributed by atoms with van der Waals surface area (Å²) < 4.78 is 11.4. The predicted molar refractivity (Wildman–Crippen MR) is 146 cm³/mol. The summed E-state index contributed by atoms with van der Waals surface area (Å²) in [5.74, 6) is -2.92. The molecule has 1 aromatic carbocycles. The summed E-state index contributed by atoms with van der Waals surface area (Å²) in [5, 5.41) is 5.65. The van der Waals surface area contributed by atoms with Crippen LogP contribution in [0.25, 0.3) is 0 Å². The molecule has 4 atom stereocenters. The zero-order valence-corrected chi connectivity index (χ0v) is 23.1. The highest BCUT2D eigenvalue weighted by molar-refractivity contribution is 6.51. The first-order chi connectivity index (χ1) is 19.1. The lowest BCUT2D eigenvalue weighted by Crippen LogP contribution is -2.66. The van der Waals surface area contributed by atoms with E-state index in [1.54, 1.807) is 11.9 Å². The highest BCUT2D eigenvalue weighted by atomic mass is 16.6. The first-order valence-electron chi connectivity index (χ1n) is 13.3. The van der Waals surface area contributed by atoms with Crippen LogP contribution in [0.15, 0.2) is 48.9 Å². The number of hydrogen-bond acceptors (Lipinski definition) is 10. The summed E-state index contributed by atoms with van der Waals surface area (Å²) in [6.07, 6.45) is 4.70. The molecular formula is C27H35BN6O6. The monoisotopic (exact) mass is 550 g/mol. The summed E-state index contributed by atoms with van der Waals surface area (Å²) in [6, 6.07) is 6.96. The molecule has 12 nitrogen and oxygen atoms in total. The summed E-state index contributed by atoms with van der Waals surface area (Å²) in [6.45, 7) is 4.70. The molecule has 1 aromatic heterocycles. The average Bonchev–Trinajstić information content (AvgIpc) is 2.93. The standard InChI is InChI=1S/C27H35BN6O6/c1-17(2)12-23(28-39-26(37)21-15-33(3)16-22(34(21)4)27(38)40-28)32-24(35)19(13-18-8-6-5-7-9-18)31-25(36)20-14-29-10-11-30-20/h5-11,14,17,19,21-23H,12-13,15-16H2,1-4H3,(H,31,36)(H,32,35)/t19?,21-,22-,23+/m1/s1. The maximum atomic E-state index is 13.7. The number of rotatable bonds is 9. The summed E-state index contributed by atoms with van der Waals surface area (Å²) in [7, 11) is 2.21. The first kappa shape index (κ1) is 29.2. The molecule has 0 radical (unpaired) electrons. The van der Waals surface area contributed by atoms with E-state index < -0.39 is 54.9 Å². The van der Waals surface area contributed by atoms with E-state index >= 15 is 0 Å². The Balaban J connectivity index is 1.56. The fourth-order valence-corrected chi connectivity index (χ4v) is 4.93. The van der Waals surface area contributed by atoms with Gasteiger partial charge in [-0.2, -0.15) is 0 Å². The van der Waals surface area contributed by atoms with Gasteiger partial charge in [0, 0.05) is 31.9 Å². The Morgan fingerprint density at radius 2 is 1.68 bits per heavy atom. The Morgan fingerprint density at radius 3 is 2.25 bits per heavy atom. The van der Waals surface area contributed by atoms with Crippen molar-refractivity contribution in [1.29, 1.82) is 0 Å². The van der Waals surface area contributed by atoms with Gasteiger partial charge in [-0.15, -0.1) is 0 Å². The molecule has 2 fully saturated rings. The second kappa shape index (κ2) is 13.0. The Kier molecular flexibility index (Phi) is 9.48. The van der Waals surface area contributed by atoms with Gasteiger partial charge in [0.2, 0.25) is 5.91 Å². The van der Waals surface area contributed by atoms with Gasteiger partial charge in [0.05, 0.1) is 12.1 Å². The van der Waals surface area contributed by atoms with Gasteiger partial charge in [-0.3, -0.25) is 29.1 Å². The van der Waals surface area contributed by atoms with Crippen LogP contribution in [0.1, 0.15) is 36.3 Å². The number of carbonyl (C=O) groups excluding carboxylic acids is 4. The van der Waals surface area contributed by atoms with Crippen molar-refractivity contribution in [1.82, 2.24) is 30.4 Å². The van der Waals surface area contributed by atoms with Crippen LogP contribution < -0.4 is 10.6 Å². The molecule has 1 unspecified atom stereocenters. The quantitative estimate of drug-likeness (QED) is 0.413. The van der Waals surface area contributed by atoms with Crippen molar-refractivity contribution in [2.75, 3.05) is 27.2 Å². The van der Waals surface area contributed by atoms with Gasteiger partial charge in [0.1, 0.15) is 23.8 Å². The minimum atomic E-state index is -1.32. The lowest BCUT2D eigenvalue weighted by atomic mass is 9.73. The van der Waals surface area contributed by atoms with Gasteiger partial charge < -0.3 is 24.8 Å². The SMILES string of the molecule is CC(C)C[C@H](NC(=O)C(Cc1ccccc1)NC(=O)c1cnccn1)B1OC(=O)[C@H]2CN(C)C[C@H](C(=O)O1)N2C. The summed E-state index contributed by atoms with van der Waals surface area (Å²) >= 11 is 0. The molecule has 2 saturated heterocycles. The van der Waals surface area contributed by atoms with Crippen LogP contribution >= 0.6 is 0 Å². The van der Waals surface area contributed by atoms with Crippen molar-refractivity contribution >= 4 is 30.9 Å². The Bertz CT molecular complexity index is 1170. The molecule has 2 aliphatic rings. The smallest absolute Gasteiger partial charge is 0.497 e. The van der Waals surface area contributed by atoms with Crippen molar-refractivity contribution in [2.45, 2.75) is 50.8 Å². The molecule has 0 aliphatic carbocycles. The third-order valence-corrected chi connectivity index (χ3v) is 7.04. The van der Waals surface area contributed by atoms with Gasteiger partial charge in [0.15, 0.2) is 0 Å². The van der Waals surface area contributed by atoms with Crippen LogP contribution in [-0.2, 0) is 30.1 Å². The molecule has 2 N–H and O–H groups in total. The third kappa shape index (κ3) is 7.22. The number of amides is 2. The first-order valence-corrected chi connectivity index (χ1v) is 13.3. The van der Waals surface area contributed by atoms with Crippen LogP contribution in [0.4, 0.5) is 0 Å². The molecule has 40 heavy (non-hydrogen) atoms. The number of nitrogens with one attached hydrogen (secondary N) is 2. The fourth-order valence-electron chi connectivity index (χ4n) is 4.93. The number of piperazine rings is 1. The number of fused-ring (bicyclic) bond motifs is 2. The van der Waals surface area contributed by atoms with Crippen molar-refractivity contribution in [3.05, 3.63) is 60.2 Å². The topological polar surface area (TPSA) is 143 Å². The van der Waals surface area contributed by atoms with E-state index in [1.165, 1.54) is 18.6 Å². The van der Waals surface area contributed by atoms with Crippen LogP contribution in [-0.4, -0.2) is 102 Å². The number of carbonyl (C=O) groups is 4. The zero-order chi connectivity index (χ0) is 28.8. The van der Waals surface area contributed by atoms with E-state index in [0.29, 0.717) is 19.5 Å². The maximum Gasteiger partial charge on any atom is 0.622 e. The second-order valence-electron chi connectivity index (χ2n) is 10.7. The van der Waals surface area contributed by atoms with Crippen molar-refractivity contribution in [3.63, 3.8) is 0 Å². The van der Waals surface area contributed by atoms with Crippen molar-refractivity contribution < 1.29 is 28.5 Å². The minimum Gasteiger partial charge on any atom is -0.497 e. The molecule has 3 heterocycles. The van der Waals surface area contributed by atoms with Gasteiger partial charge in [0.25, 0.3) is 5.91 Å². The lowest BCUT2D eigenvalue weighted by molar-refractivity contribution is -0.159. The maximum absolute atomic E-state index is 13.7. The van der Waals surface area contributed by atoms with Crippen molar-refractivity contribution in [3.8, 4) is 0 Å². The van der Waals surface area contributed by atoms with Gasteiger partial charge in [-0.25, -0.2) is 4.98 Å². The number of benzene rings is 1. The predicted octanol–water partition coefficient (Wildman–Crippen LogP) is 0.0904. The summed E-state index contributed by atoms with van der Waals surface area (Å²) in [5.41, 5.74) is 0.891. The molecule has 2 bridgehead atoms. The molecule has 0 saturated carbocycles. The molecule has 2 aromatic rings. The highest BCUT2D eigenvalue weighted by Crippen LogP contribution is 2.21. The van der Waals surface area contributed by atoms with Crippen LogP contribution in [0.5, 0.6) is 0 Å². The number of likely N-dealkylation sites (N-methyl/N-ethyl adjacent to an activating group) is 2. The minimum absolute atomic E-state index is 0.0585. The van der Waals surface area contributed by atoms with E-state index in [2.05, 4.69) is 20.6 Å². The Labute approximate surface area is 234 Å². The van der Waals surface area contributed by atoms with Crippen LogP contribution in [0, 0.1) is 5.92 Å². The normalized spacial score (nSPS) is 21.5. The van der Waals surface area contributed by atoms with Gasteiger partial charge >= 0.3 is 19.1 Å². The van der Waals surface area contributed by atoms with E-state index in [-0.39, 0.29) is 18.0 Å². The van der Waals surface area contributed by atoms with Crippen LogP contribution in [0.2, 0.25) is 0 Å². The molecule has 212 valence electrons.